The summed E-state index contributed by atoms with van der Waals surface area (Å²) in [6, 6.07) is 0. The van der Waals surface area contributed by atoms with Gasteiger partial charge >= 0.3 is 0 Å². The molecule has 0 saturated carbocycles. The van der Waals surface area contributed by atoms with Crippen molar-refractivity contribution in [3.05, 3.63) is 0 Å². The van der Waals surface area contributed by atoms with Gasteiger partial charge in [0, 0.05) is 24.1 Å². The van der Waals surface area contributed by atoms with Gasteiger partial charge in [-0.1, -0.05) is 6.92 Å². The van der Waals surface area contributed by atoms with Gasteiger partial charge in [0.15, 0.2) is 0 Å². The molecule has 1 heterocycles. The first-order chi connectivity index (χ1) is 5.00. The first-order valence-corrected chi connectivity index (χ1v) is 5.95. The molecule has 1 saturated heterocycles. The second-order valence-corrected chi connectivity index (χ2v) is 5.68. The maximum atomic E-state index is 10.8. The standard InChI is InChI=1S/C5H12N2O2S2/c1-5-4-7(2-3-10-5)11(6,8)9/h5H,2-4H2,1H3,(H2,6,8,9). The van der Waals surface area contributed by atoms with Gasteiger partial charge in [0.1, 0.15) is 0 Å². The minimum Gasteiger partial charge on any atom is -0.216 e. The van der Waals surface area contributed by atoms with Gasteiger partial charge in [-0.05, 0) is 0 Å². The molecule has 66 valence electrons. The Morgan fingerprint density at radius 3 is 2.64 bits per heavy atom. The van der Waals surface area contributed by atoms with E-state index in [9.17, 15) is 8.42 Å². The summed E-state index contributed by atoms with van der Waals surface area (Å²) in [4.78, 5) is 0. The van der Waals surface area contributed by atoms with E-state index in [0.717, 1.165) is 5.75 Å². The number of nitrogens with two attached hydrogens (primary N) is 1. The van der Waals surface area contributed by atoms with Crippen molar-refractivity contribution >= 4 is 22.0 Å². The highest BCUT2D eigenvalue weighted by Gasteiger charge is 2.23. The third-order valence-electron chi connectivity index (χ3n) is 1.56. The van der Waals surface area contributed by atoms with Crippen LogP contribution in [0.5, 0.6) is 0 Å². The lowest BCUT2D eigenvalue weighted by Gasteiger charge is -2.27. The van der Waals surface area contributed by atoms with Crippen molar-refractivity contribution in [3.63, 3.8) is 0 Å². The molecule has 11 heavy (non-hydrogen) atoms. The summed E-state index contributed by atoms with van der Waals surface area (Å²) in [5.41, 5.74) is 0. The van der Waals surface area contributed by atoms with Crippen LogP contribution in [-0.4, -0.2) is 36.8 Å². The second kappa shape index (κ2) is 3.30. The van der Waals surface area contributed by atoms with Crippen LogP contribution < -0.4 is 5.14 Å². The number of hydrogen-bond acceptors (Lipinski definition) is 3. The zero-order valence-corrected chi connectivity index (χ0v) is 7.99. The van der Waals surface area contributed by atoms with E-state index in [2.05, 4.69) is 0 Å². The fraction of sp³-hybridized carbons (Fsp3) is 1.00. The average molecular weight is 196 g/mol. The molecule has 4 nitrogen and oxygen atoms in total. The van der Waals surface area contributed by atoms with E-state index in [1.807, 2.05) is 6.92 Å². The highest BCUT2D eigenvalue weighted by Crippen LogP contribution is 2.18. The van der Waals surface area contributed by atoms with Crippen LogP contribution in [0.1, 0.15) is 6.92 Å². The van der Waals surface area contributed by atoms with E-state index < -0.39 is 10.2 Å². The largest absolute Gasteiger partial charge is 0.276 e. The summed E-state index contributed by atoms with van der Waals surface area (Å²) in [6.45, 7) is 3.10. The van der Waals surface area contributed by atoms with Gasteiger partial charge in [-0.15, -0.1) is 0 Å². The molecule has 0 aliphatic carbocycles. The summed E-state index contributed by atoms with van der Waals surface area (Å²) < 4.78 is 23.0. The van der Waals surface area contributed by atoms with E-state index in [0.29, 0.717) is 18.3 Å². The fourth-order valence-corrected chi connectivity index (χ4v) is 3.02. The smallest absolute Gasteiger partial charge is 0.216 e. The number of nitrogens with zero attached hydrogens (tertiary/aromatic N) is 1. The molecule has 0 bridgehead atoms. The first-order valence-electron chi connectivity index (χ1n) is 3.39. The molecule has 0 amide bonds. The van der Waals surface area contributed by atoms with E-state index in [4.69, 9.17) is 5.14 Å². The zero-order chi connectivity index (χ0) is 8.48. The topological polar surface area (TPSA) is 63.4 Å². The molecule has 1 rings (SSSR count). The van der Waals surface area contributed by atoms with E-state index in [1.54, 1.807) is 11.8 Å². The Kier molecular flexibility index (Phi) is 2.79. The molecule has 0 aromatic heterocycles. The zero-order valence-electron chi connectivity index (χ0n) is 6.36. The SMILES string of the molecule is CC1CN(S(N)(=O)=O)CCS1. The Balaban J connectivity index is 2.60. The number of thioether (sulfide) groups is 1. The molecule has 2 N–H and O–H groups in total. The Morgan fingerprint density at radius 2 is 2.27 bits per heavy atom. The minimum absolute atomic E-state index is 0.363. The van der Waals surface area contributed by atoms with Gasteiger partial charge in [-0.25, -0.2) is 5.14 Å². The van der Waals surface area contributed by atoms with Crippen molar-refractivity contribution in [2.24, 2.45) is 5.14 Å². The third kappa shape index (κ3) is 2.62. The quantitative estimate of drug-likeness (QED) is 0.622. The summed E-state index contributed by atoms with van der Waals surface area (Å²) in [6.07, 6.45) is 0. The predicted molar refractivity (Wildman–Crippen MR) is 46.6 cm³/mol. The maximum Gasteiger partial charge on any atom is 0.276 e. The lowest BCUT2D eigenvalue weighted by molar-refractivity contribution is 0.425. The first kappa shape index (κ1) is 9.31. The molecular weight excluding hydrogens is 184 g/mol. The van der Waals surface area contributed by atoms with E-state index in [1.165, 1.54) is 4.31 Å². The minimum atomic E-state index is -3.44. The van der Waals surface area contributed by atoms with Crippen molar-refractivity contribution in [2.75, 3.05) is 18.8 Å². The van der Waals surface area contributed by atoms with Crippen molar-refractivity contribution in [1.82, 2.24) is 4.31 Å². The Morgan fingerprint density at radius 1 is 1.64 bits per heavy atom. The van der Waals surface area contributed by atoms with Gasteiger partial charge in [0.25, 0.3) is 10.2 Å². The molecule has 1 atom stereocenters. The van der Waals surface area contributed by atoms with Crippen LogP contribution in [0, 0.1) is 0 Å². The van der Waals surface area contributed by atoms with Crippen molar-refractivity contribution in [3.8, 4) is 0 Å². The Labute approximate surface area is 71.3 Å². The number of hydrogen-bond donors (Lipinski definition) is 1. The summed E-state index contributed by atoms with van der Waals surface area (Å²) >= 11 is 1.78. The van der Waals surface area contributed by atoms with Crippen LogP contribution in [-0.2, 0) is 10.2 Å². The summed E-state index contributed by atoms with van der Waals surface area (Å²) in [7, 11) is -3.44. The second-order valence-electron chi connectivity index (χ2n) is 2.58. The van der Waals surface area contributed by atoms with Gasteiger partial charge in [-0.2, -0.15) is 24.5 Å². The van der Waals surface area contributed by atoms with E-state index in [-0.39, 0.29) is 0 Å². The molecule has 0 aromatic rings. The van der Waals surface area contributed by atoms with Gasteiger partial charge in [0.05, 0.1) is 0 Å². The van der Waals surface area contributed by atoms with Crippen molar-refractivity contribution < 1.29 is 8.42 Å². The number of rotatable bonds is 1. The van der Waals surface area contributed by atoms with Crippen LogP contribution >= 0.6 is 11.8 Å². The lowest BCUT2D eigenvalue weighted by Crippen LogP contribution is -2.44. The Bertz CT molecular complexity index is 227. The summed E-state index contributed by atoms with van der Waals surface area (Å²) in [5, 5.41) is 5.32. The van der Waals surface area contributed by atoms with Crippen LogP contribution in [0.4, 0.5) is 0 Å². The predicted octanol–water partition coefficient (Wildman–Crippen LogP) is -0.373. The fourth-order valence-electron chi connectivity index (χ4n) is 1.02. The monoisotopic (exact) mass is 196 g/mol. The molecule has 6 heteroatoms. The summed E-state index contributed by atoms with van der Waals surface area (Å²) in [5.74, 6) is 0.845. The van der Waals surface area contributed by atoms with Gasteiger partial charge in [-0.3, -0.25) is 0 Å². The molecule has 1 aliphatic rings. The molecule has 1 aliphatic heterocycles. The van der Waals surface area contributed by atoms with Crippen LogP contribution in [0.15, 0.2) is 0 Å². The molecule has 0 spiro atoms. The molecular formula is C5H12N2O2S2. The van der Waals surface area contributed by atoms with Crippen LogP contribution in [0.25, 0.3) is 0 Å². The van der Waals surface area contributed by atoms with Crippen LogP contribution in [0.3, 0.4) is 0 Å². The van der Waals surface area contributed by atoms with Gasteiger partial charge in [0.2, 0.25) is 0 Å². The van der Waals surface area contributed by atoms with Crippen LogP contribution in [0.2, 0.25) is 0 Å². The van der Waals surface area contributed by atoms with Crippen molar-refractivity contribution in [1.29, 1.82) is 0 Å². The third-order valence-corrected chi connectivity index (χ3v) is 3.75. The molecule has 0 radical (unpaired) electrons. The highest BCUT2D eigenvalue weighted by atomic mass is 32.2. The average Bonchev–Trinajstić information content (AvgIpc) is 1.86. The molecule has 1 unspecified atom stereocenters. The molecule has 0 aromatic carbocycles. The van der Waals surface area contributed by atoms with Crippen molar-refractivity contribution in [2.45, 2.75) is 12.2 Å². The molecule has 1 fully saturated rings. The highest BCUT2D eigenvalue weighted by molar-refractivity contribution is 8.00. The normalized spacial score (nSPS) is 28.7. The maximum absolute atomic E-state index is 10.8. The van der Waals surface area contributed by atoms with E-state index >= 15 is 0 Å². The van der Waals surface area contributed by atoms with Gasteiger partial charge < -0.3 is 0 Å². The Hall–Kier alpha value is 0.220. The lowest BCUT2D eigenvalue weighted by atomic mass is 10.4.